The van der Waals surface area contributed by atoms with Gasteiger partial charge in [0.15, 0.2) is 0 Å². The SMILES string of the molecule is Cc1ccc(S(=O)(=O)NC2CCCC2CN)cc1. The fourth-order valence-corrected chi connectivity index (χ4v) is 3.80. The number of nitrogens with one attached hydrogen (secondary N) is 1. The van der Waals surface area contributed by atoms with Gasteiger partial charge < -0.3 is 5.73 Å². The fraction of sp³-hybridized carbons (Fsp3) is 0.538. The molecule has 1 aliphatic rings. The number of rotatable bonds is 4. The summed E-state index contributed by atoms with van der Waals surface area (Å²) < 4.78 is 27.2. The van der Waals surface area contributed by atoms with E-state index in [1.807, 2.05) is 19.1 Å². The summed E-state index contributed by atoms with van der Waals surface area (Å²) in [6.45, 7) is 2.48. The van der Waals surface area contributed by atoms with E-state index < -0.39 is 10.0 Å². The molecule has 0 spiro atoms. The van der Waals surface area contributed by atoms with Crippen molar-refractivity contribution in [3.63, 3.8) is 0 Å². The van der Waals surface area contributed by atoms with Crippen molar-refractivity contribution in [2.24, 2.45) is 11.7 Å². The van der Waals surface area contributed by atoms with E-state index in [4.69, 9.17) is 5.73 Å². The highest BCUT2D eigenvalue weighted by molar-refractivity contribution is 7.89. The van der Waals surface area contributed by atoms with Gasteiger partial charge in [-0.2, -0.15) is 0 Å². The van der Waals surface area contributed by atoms with Gasteiger partial charge in [-0.3, -0.25) is 0 Å². The lowest BCUT2D eigenvalue weighted by Crippen LogP contribution is -2.39. The predicted octanol–water partition coefficient (Wildman–Crippen LogP) is 1.40. The molecule has 0 aliphatic heterocycles. The molecule has 0 radical (unpaired) electrons. The van der Waals surface area contributed by atoms with Crippen molar-refractivity contribution in [2.45, 2.75) is 37.1 Å². The summed E-state index contributed by atoms with van der Waals surface area (Å²) in [5.74, 6) is 0.269. The van der Waals surface area contributed by atoms with Crippen molar-refractivity contribution in [3.8, 4) is 0 Å². The molecule has 4 nitrogen and oxygen atoms in total. The quantitative estimate of drug-likeness (QED) is 0.867. The topological polar surface area (TPSA) is 72.2 Å². The zero-order valence-corrected chi connectivity index (χ0v) is 11.4. The Labute approximate surface area is 109 Å². The molecule has 2 unspecified atom stereocenters. The molecule has 5 heteroatoms. The van der Waals surface area contributed by atoms with E-state index in [-0.39, 0.29) is 12.0 Å². The van der Waals surface area contributed by atoms with Crippen molar-refractivity contribution in [3.05, 3.63) is 29.8 Å². The Morgan fingerprint density at radius 1 is 1.28 bits per heavy atom. The largest absolute Gasteiger partial charge is 0.330 e. The Hall–Kier alpha value is -0.910. The van der Waals surface area contributed by atoms with Crippen LogP contribution in [0.4, 0.5) is 0 Å². The van der Waals surface area contributed by atoms with Crippen LogP contribution < -0.4 is 10.5 Å². The van der Waals surface area contributed by atoms with Gasteiger partial charge in [0.2, 0.25) is 10.0 Å². The molecule has 1 aromatic carbocycles. The van der Waals surface area contributed by atoms with E-state index in [0.717, 1.165) is 24.8 Å². The van der Waals surface area contributed by atoms with E-state index in [1.165, 1.54) is 0 Å². The Morgan fingerprint density at radius 2 is 1.94 bits per heavy atom. The lowest BCUT2D eigenvalue weighted by atomic mass is 10.1. The van der Waals surface area contributed by atoms with Crippen LogP contribution in [0.2, 0.25) is 0 Å². The van der Waals surface area contributed by atoms with Crippen LogP contribution in [0.1, 0.15) is 24.8 Å². The van der Waals surface area contributed by atoms with E-state index in [0.29, 0.717) is 11.4 Å². The summed E-state index contributed by atoms with van der Waals surface area (Å²) in [4.78, 5) is 0.329. The molecule has 1 saturated carbocycles. The Morgan fingerprint density at radius 3 is 2.56 bits per heavy atom. The summed E-state index contributed by atoms with van der Waals surface area (Å²) in [5, 5.41) is 0. The van der Waals surface area contributed by atoms with Crippen molar-refractivity contribution >= 4 is 10.0 Å². The predicted molar refractivity (Wildman–Crippen MR) is 71.7 cm³/mol. The Kier molecular flexibility index (Phi) is 4.04. The van der Waals surface area contributed by atoms with Gasteiger partial charge in [-0.15, -0.1) is 0 Å². The summed E-state index contributed by atoms with van der Waals surface area (Å²) >= 11 is 0. The van der Waals surface area contributed by atoms with E-state index >= 15 is 0 Å². The molecular formula is C13H20N2O2S. The minimum absolute atomic E-state index is 0.0127. The van der Waals surface area contributed by atoms with Crippen LogP contribution in [-0.2, 0) is 10.0 Å². The number of hydrogen-bond acceptors (Lipinski definition) is 3. The van der Waals surface area contributed by atoms with Crippen molar-refractivity contribution in [1.29, 1.82) is 0 Å². The van der Waals surface area contributed by atoms with Crippen LogP contribution in [0.15, 0.2) is 29.2 Å². The normalized spacial score (nSPS) is 24.3. The molecule has 1 fully saturated rings. The molecule has 1 aliphatic carbocycles. The molecule has 0 aromatic heterocycles. The van der Waals surface area contributed by atoms with Crippen LogP contribution in [0.5, 0.6) is 0 Å². The molecule has 100 valence electrons. The van der Waals surface area contributed by atoms with E-state index in [1.54, 1.807) is 12.1 Å². The molecule has 0 heterocycles. The zero-order valence-electron chi connectivity index (χ0n) is 10.6. The van der Waals surface area contributed by atoms with Gasteiger partial charge in [0.05, 0.1) is 4.90 Å². The van der Waals surface area contributed by atoms with Crippen molar-refractivity contribution < 1.29 is 8.42 Å². The van der Waals surface area contributed by atoms with Gasteiger partial charge in [-0.1, -0.05) is 24.1 Å². The maximum absolute atomic E-state index is 12.2. The highest BCUT2D eigenvalue weighted by Gasteiger charge is 2.30. The summed E-state index contributed by atoms with van der Waals surface area (Å²) in [7, 11) is -3.41. The van der Waals surface area contributed by atoms with Crippen molar-refractivity contribution in [2.75, 3.05) is 6.54 Å². The van der Waals surface area contributed by atoms with Crippen LogP contribution in [0, 0.1) is 12.8 Å². The second-order valence-electron chi connectivity index (χ2n) is 4.97. The summed E-state index contributed by atoms with van der Waals surface area (Å²) in [6.07, 6.45) is 2.94. The van der Waals surface area contributed by atoms with Gasteiger partial charge in [-0.25, -0.2) is 13.1 Å². The summed E-state index contributed by atoms with van der Waals surface area (Å²) in [5.41, 5.74) is 6.72. The lowest BCUT2D eigenvalue weighted by Gasteiger charge is -2.19. The number of hydrogen-bond donors (Lipinski definition) is 2. The van der Waals surface area contributed by atoms with Crippen molar-refractivity contribution in [1.82, 2.24) is 4.72 Å². The zero-order chi connectivity index (χ0) is 13.2. The maximum atomic E-state index is 12.2. The minimum atomic E-state index is -3.41. The average molecular weight is 268 g/mol. The maximum Gasteiger partial charge on any atom is 0.240 e. The number of aryl methyl sites for hydroxylation is 1. The third kappa shape index (κ3) is 2.91. The first-order chi connectivity index (χ1) is 8.53. The molecule has 0 amide bonds. The van der Waals surface area contributed by atoms with E-state index in [9.17, 15) is 8.42 Å². The third-order valence-corrected chi connectivity index (χ3v) is 5.11. The second kappa shape index (κ2) is 5.38. The van der Waals surface area contributed by atoms with Gasteiger partial charge in [0.1, 0.15) is 0 Å². The first-order valence-electron chi connectivity index (χ1n) is 6.32. The fourth-order valence-electron chi connectivity index (χ4n) is 2.46. The smallest absolute Gasteiger partial charge is 0.240 e. The highest BCUT2D eigenvalue weighted by Crippen LogP contribution is 2.26. The van der Waals surface area contributed by atoms with Crippen LogP contribution in [0.25, 0.3) is 0 Å². The molecular weight excluding hydrogens is 248 g/mol. The van der Waals surface area contributed by atoms with Crippen LogP contribution in [0.3, 0.4) is 0 Å². The third-order valence-electron chi connectivity index (χ3n) is 3.60. The average Bonchev–Trinajstić information content (AvgIpc) is 2.76. The number of sulfonamides is 1. The first kappa shape index (κ1) is 13.5. The highest BCUT2D eigenvalue weighted by atomic mass is 32.2. The molecule has 2 atom stereocenters. The molecule has 0 bridgehead atoms. The Balaban J connectivity index is 2.14. The lowest BCUT2D eigenvalue weighted by molar-refractivity contribution is 0.453. The van der Waals surface area contributed by atoms with Gasteiger partial charge in [-0.05, 0) is 44.4 Å². The Bertz CT molecular complexity index is 496. The number of benzene rings is 1. The molecule has 0 saturated heterocycles. The number of nitrogens with two attached hydrogens (primary N) is 1. The molecule has 18 heavy (non-hydrogen) atoms. The standard InChI is InChI=1S/C13H20N2O2S/c1-10-5-7-12(8-6-10)18(16,17)15-13-4-2-3-11(13)9-14/h5-8,11,13,15H,2-4,9,14H2,1H3. The van der Waals surface area contributed by atoms with Crippen LogP contribution in [-0.4, -0.2) is 21.0 Å². The summed E-state index contributed by atoms with van der Waals surface area (Å²) in [6, 6.07) is 6.89. The molecule has 3 N–H and O–H groups in total. The minimum Gasteiger partial charge on any atom is -0.330 e. The molecule has 2 rings (SSSR count). The van der Waals surface area contributed by atoms with Gasteiger partial charge in [0, 0.05) is 6.04 Å². The second-order valence-corrected chi connectivity index (χ2v) is 6.68. The van der Waals surface area contributed by atoms with E-state index in [2.05, 4.69) is 4.72 Å². The first-order valence-corrected chi connectivity index (χ1v) is 7.80. The van der Waals surface area contributed by atoms with Gasteiger partial charge in [0.25, 0.3) is 0 Å². The van der Waals surface area contributed by atoms with Crippen LogP contribution >= 0.6 is 0 Å². The van der Waals surface area contributed by atoms with Gasteiger partial charge >= 0.3 is 0 Å². The molecule has 1 aromatic rings. The monoisotopic (exact) mass is 268 g/mol.